The first kappa shape index (κ1) is 17.5. The number of amides is 1. The highest BCUT2D eigenvalue weighted by molar-refractivity contribution is 5.92. The molecule has 0 spiro atoms. The third-order valence-corrected chi connectivity index (χ3v) is 4.57. The summed E-state index contributed by atoms with van der Waals surface area (Å²) < 4.78 is 28.0. The summed E-state index contributed by atoms with van der Waals surface area (Å²) in [4.78, 5) is 18.2. The molecular weight excluding hydrogens is 324 g/mol. The molecule has 1 fully saturated rings. The van der Waals surface area contributed by atoms with Crippen LogP contribution in [0.2, 0.25) is 0 Å². The Morgan fingerprint density at radius 2 is 1.76 bits per heavy atom. The van der Waals surface area contributed by atoms with Crippen molar-refractivity contribution in [3.05, 3.63) is 59.9 Å². The molecule has 1 amide bonds. The van der Waals surface area contributed by atoms with Crippen LogP contribution in [0.15, 0.2) is 42.7 Å². The zero-order chi connectivity index (χ0) is 17.6. The second-order valence-corrected chi connectivity index (χ2v) is 6.33. The van der Waals surface area contributed by atoms with Gasteiger partial charge in [-0.05, 0) is 37.1 Å². The van der Waals surface area contributed by atoms with Crippen molar-refractivity contribution in [2.75, 3.05) is 11.9 Å². The van der Waals surface area contributed by atoms with E-state index in [0.29, 0.717) is 5.69 Å². The van der Waals surface area contributed by atoms with Gasteiger partial charge in [0.05, 0.1) is 6.54 Å². The van der Waals surface area contributed by atoms with E-state index in [-0.39, 0.29) is 30.6 Å². The number of nitrogens with zero attached hydrogens (tertiary/aromatic N) is 2. The van der Waals surface area contributed by atoms with Crippen LogP contribution in [-0.2, 0) is 11.3 Å². The standard InChI is InChI=1S/C19H21F2N3O/c20-17-6-3-7-18(21)16(17)12-24(15-4-1-2-5-15)13-19(25)23-14-8-10-22-11-9-14/h3,6-11,15H,1-2,4-5,12-13H2,(H,22,23,25). The van der Waals surface area contributed by atoms with E-state index in [9.17, 15) is 13.6 Å². The Morgan fingerprint density at radius 3 is 2.40 bits per heavy atom. The number of nitrogens with one attached hydrogen (secondary N) is 1. The van der Waals surface area contributed by atoms with Crippen LogP contribution in [0.1, 0.15) is 31.2 Å². The molecule has 0 radical (unpaired) electrons. The molecule has 1 aliphatic rings. The van der Waals surface area contributed by atoms with E-state index in [1.807, 2.05) is 4.90 Å². The summed E-state index contributed by atoms with van der Waals surface area (Å²) in [5, 5.41) is 2.80. The van der Waals surface area contributed by atoms with Gasteiger partial charge in [-0.2, -0.15) is 0 Å². The largest absolute Gasteiger partial charge is 0.325 e. The van der Waals surface area contributed by atoms with Crippen LogP contribution in [0.5, 0.6) is 0 Å². The smallest absolute Gasteiger partial charge is 0.238 e. The molecule has 1 heterocycles. The van der Waals surface area contributed by atoms with Crippen LogP contribution in [0.4, 0.5) is 14.5 Å². The molecule has 6 heteroatoms. The zero-order valence-corrected chi connectivity index (χ0v) is 13.9. The van der Waals surface area contributed by atoms with Crippen LogP contribution in [0.25, 0.3) is 0 Å². The number of pyridine rings is 1. The number of anilines is 1. The summed E-state index contributed by atoms with van der Waals surface area (Å²) in [6.07, 6.45) is 7.23. The minimum atomic E-state index is -0.572. The van der Waals surface area contributed by atoms with Crippen molar-refractivity contribution in [2.45, 2.75) is 38.3 Å². The van der Waals surface area contributed by atoms with Crippen molar-refractivity contribution in [2.24, 2.45) is 0 Å². The molecule has 1 aliphatic carbocycles. The van der Waals surface area contributed by atoms with Crippen molar-refractivity contribution in [3.8, 4) is 0 Å². The van der Waals surface area contributed by atoms with E-state index in [2.05, 4.69) is 10.3 Å². The number of rotatable bonds is 6. The maximum Gasteiger partial charge on any atom is 0.238 e. The van der Waals surface area contributed by atoms with Gasteiger partial charge in [-0.25, -0.2) is 8.78 Å². The number of hydrogen-bond acceptors (Lipinski definition) is 3. The third kappa shape index (κ3) is 4.60. The molecule has 1 N–H and O–H groups in total. The summed E-state index contributed by atoms with van der Waals surface area (Å²) in [6.45, 7) is 0.188. The number of aromatic nitrogens is 1. The lowest BCUT2D eigenvalue weighted by Gasteiger charge is -2.28. The second kappa shape index (κ2) is 8.16. The van der Waals surface area contributed by atoms with Crippen LogP contribution in [-0.4, -0.2) is 28.4 Å². The Labute approximate surface area is 145 Å². The summed E-state index contributed by atoms with van der Waals surface area (Å²) >= 11 is 0. The van der Waals surface area contributed by atoms with Gasteiger partial charge < -0.3 is 5.32 Å². The van der Waals surface area contributed by atoms with E-state index >= 15 is 0 Å². The molecular formula is C19H21F2N3O. The summed E-state index contributed by atoms with van der Waals surface area (Å²) in [5.41, 5.74) is 0.676. The molecule has 1 saturated carbocycles. The van der Waals surface area contributed by atoms with Gasteiger partial charge >= 0.3 is 0 Å². The van der Waals surface area contributed by atoms with Gasteiger partial charge in [0.15, 0.2) is 0 Å². The normalized spacial score (nSPS) is 14.8. The van der Waals surface area contributed by atoms with Crippen molar-refractivity contribution in [3.63, 3.8) is 0 Å². The Morgan fingerprint density at radius 1 is 1.12 bits per heavy atom. The number of carbonyl (C=O) groups excluding carboxylic acids is 1. The summed E-state index contributed by atoms with van der Waals surface area (Å²) in [5.74, 6) is -1.34. The van der Waals surface area contributed by atoms with E-state index in [1.165, 1.54) is 18.2 Å². The lowest BCUT2D eigenvalue weighted by atomic mass is 10.1. The number of hydrogen-bond donors (Lipinski definition) is 1. The molecule has 1 aromatic heterocycles. The maximum absolute atomic E-state index is 14.0. The highest BCUT2D eigenvalue weighted by atomic mass is 19.1. The van der Waals surface area contributed by atoms with Crippen molar-refractivity contribution in [1.29, 1.82) is 0 Å². The molecule has 2 aromatic rings. The average molecular weight is 345 g/mol. The molecule has 0 aliphatic heterocycles. The predicted octanol–water partition coefficient (Wildman–Crippen LogP) is 3.74. The molecule has 0 bridgehead atoms. The van der Waals surface area contributed by atoms with Gasteiger partial charge in [0.2, 0.25) is 5.91 Å². The van der Waals surface area contributed by atoms with Crippen LogP contribution in [0, 0.1) is 11.6 Å². The fourth-order valence-electron chi connectivity index (χ4n) is 3.29. The fourth-order valence-corrected chi connectivity index (χ4v) is 3.29. The molecule has 0 unspecified atom stereocenters. The molecule has 25 heavy (non-hydrogen) atoms. The van der Waals surface area contributed by atoms with Gasteiger partial charge in [-0.1, -0.05) is 18.9 Å². The van der Waals surface area contributed by atoms with Crippen molar-refractivity contribution < 1.29 is 13.6 Å². The first-order valence-corrected chi connectivity index (χ1v) is 8.50. The van der Waals surface area contributed by atoms with Crippen molar-refractivity contribution in [1.82, 2.24) is 9.88 Å². The highest BCUT2D eigenvalue weighted by Gasteiger charge is 2.26. The molecule has 0 atom stereocenters. The van der Waals surface area contributed by atoms with E-state index in [0.717, 1.165) is 25.7 Å². The lowest BCUT2D eigenvalue weighted by Crippen LogP contribution is -2.39. The molecule has 132 valence electrons. The van der Waals surface area contributed by atoms with Crippen LogP contribution >= 0.6 is 0 Å². The van der Waals surface area contributed by atoms with Crippen LogP contribution < -0.4 is 5.32 Å². The van der Waals surface area contributed by atoms with E-state index in [1.54, 1.807) is 24.5 Å². The first-order chi connectivity index (χ1) is 12.1. The molecule has 4 nitrogen and oxygen atoms in total. The van der Waals surface area contributed by atoms with Gasteiger partial charge in [0.1, 0.15) is 11.6 Å². The number of carbonyl (C=O) groups is 1. The molecule has 0 saturated heterocycles. The Balaban J connectivity index is 1.72. The van der Waals surface area contributed by atoms with E-state index < -0.39 is 11.6 Å². The minimum absolute atomic E-state index is 0.0195. The van der Waals surface area contributed by atoms with Gasteiger partial charge in [0.25, 0.3) is 0 Å². The Bertz CT molecular complexity index is 698. The number of benzene rings is 1. The van der Waals surface area contributed by atoms with Gasteiger partial charge in [-0.15, -0.1) is 0 Å². The van der Waals surface area contributed by atoms with E-state index in [4.69, 9.17) is 0 Å². The first-order valence-electron chi connectivity index (χ1n) is 8.50. The van der Waals surface area contributed by atoms with Gasteiger partial charge in [0, 0.05) is 36.2 Å². The zero-order valence-electron chi connectivity index (χ0n) is 13.9. The number of halogens is 2. The van der Waals surface area contributed by atoms with Gasteiger partial charge in [-0.3, -0.25) is 14.7 Å². The Kier molecular flexibility index (Phi) is 5.71. The van der Waals surface area contributed by atoms with Crippen LogP contribution in [0.3, 0.4) is 0 Å². The van der Waals surface area contributed by atoms with Crippen molar-refractivity contribution >= 4 is 11.6 Å². The second-order valence-electron chi connectivity index (χ2n) is 6.33. The molecule has 1 aromatic carbocycles. The lowest BCUT2D eigenvalue weighted by molar-refractivity contribution is -0.118. The predicted molar refractivity (Wildman–Crippen MR) is 91.9 cm³/mol. The minimum Gasteiger partial charge on any atom is -0.325 e. The third-order valence-electron chi connectivity index (χ3n) is 4.57. The topological polar surface area (TPSA) is 45.2 Å². The maximum atomic E-state index is 14.0. The Hall–Kier alpha value is -2.34. The highest BCUT2D eigenvalue weighted by Crippen LogP contribution is 2.26. The summed E-state index contributed by atoms with van der Waals surface area (Å²) in [7, 11) is 0. The molecule has 3 rings (SSSR count). The quantitative estimate of drug-likeness (QED) is 0.867. The SMILES string of the molecule is O=C(CN(Cc1c(F)cccc1F)C1CCCC1)Nc1ccncc1. The monoisotopic (exact) mass is 345 g/mol. The summed E-state index contributed by atoms with van der Waals surface area (Å²) in [6, 6.07) is 7.43. The fraction of sp³-hybridized carbons (Fsp3) is 0.368. The average Bonchev–Trinajstić information content (AvgIpc) is 3.12.